The lowest BCUT2D eigenvalue weighted by atomic mass is 10.00. The molecule has 0 unspecified atom stereocenters. The van der Waals surface area contributed by atoms with Gasteiger partial charge in [0, 0.05) is 5.56 Å². The Morgan fingerprint density at radius 3 is 2.53 bits per heavy atom. The van der Waals surface area contributed by atoms with Gasteiger partial charge in [-0.2, -0.15) is 0 Å². The lowest BCUT2D eigenvalue weighted by molar-refractivity contribution is -0.130. The molecule has 1 aromatic heterocycles. The molecule has 4 rings (SSSR count). The first kappa shape index (κ1) is 24.7. The second kappa shape index (κ2) is 11.3. The van der Waals surface area contributed by atoms with Gasteiger partial charge in [-0.25, -0.2) is 10.2 Å². The first-order chi connectivity index (χ1) is 17.5. The smallest absolute Gasteiger partial charge is 0.251 e. The Hall–Kier alpha value is -4.44. The quantitative estimate of drug-likeness (QED) is 0.231. The van der Waals surface area contributed by atoms with Gasteiger partial charge in [0.15, 0.2) is 11.5 Å². The molecule has 0 saturated carbocycles. The van der Waals surface area contributed by atoms with Gasteiger partial charge in [0.05, 0.1) is 39.4 Å². The molecule has 2 amide bonds. The molecule has 10 heteroatoms. The van der Waals surface area contributed by atoms with E-state index >= 15 is 0 Å². The van der Waals surface area contributed by atoms with Gasteiger partial charge in [-0.1, -0.05) is 47.7 Å². The standard InChI is InChI=1S/C26H27N5O5/c1-35-23-10-9-20(13-24(23)36-2)26(33)27-15-21-16-31(30-28-21)22(14-25(32)29-34)12-17-7-8-18-5-3-4-6-19(18)11-17/h3-11,13,16,22,34H,12,14-15H2,1-2H3,(H,27,33)(H,29,32)/t22-/m1/s1. The van der Waals surface area contributed by atoms with Gasteiger partial charge in [0.25, 0.3) is 5.91 Å². The molecule has 0 bridgehead atoms. The summed E-state index contributed by atoms with van der Waals surface area (Å²) < 4.78 is 12.0. The fraction of sp³-hybridized carbons (Fsp3) is 0.231. The molecule has 1 atom stereocenters. The Bertz CT molecular complexity index is 1370. The maximum absolute atomic E-state index is 12.6. The summed E-state index contributed by atoms with van der Waals surface area (Å²) >= 11 is 0. The third kappa shape index (κ3) is 5.78. The third-order valence-electron chi connectivity index (χ3n) is 5.84. The molecule has 3 N–H and O–H groups in total. The molecule has 0 aliphatic rings. The summed E-state index contributed by atoms with van der Waals surface area (Å²) in [5, 5.41) is 22.4. The maximum Gasteiger partial charge on any atom is 0.251 e. The van der Waals surface area contributed by atoms with E-state index in [1.165, 1.54) is 14.2 Å². The SMILES string of the molecule is COc1ccc(C(=O)NCc2cn([C@@H](CC(=O)NO)Cc3ccc4ccccc4c3)nn2)cc1OC. The highest BCUT2D eigenvalue weighted by Gasteiger charge is 2.19. The summed E-state index contributed by atoms with van der Waals surface area (Å²) in [5.41, 5.74) is 3.64. The normalized spacial score (nSPS) is 11.6. The Balaban J connectivity index is 1.46. The third-order valence-corrected chi connectivity index (χ3v) is 5.84. The molecule has 36 heavy (non-hydrogen) atoms. The van der Waals surface area contributed by atoms with Gasteiger partial charge in [-0.05, 0) is 41.0 Å². The van der Waals surface area contributed by atoms with E-state index in [1.54, 1.807) is 34.6 Å². The Morgan fingerprint density at radius 1 is 1.00 bits per heavy atom. The van der Waals surface area contributed by atoms with E-state index in [2.05, 4.69) is 21.7 Å². The van der Waals surface area contributed by atoms with Crippen molar-refractivity contribution in [1.29, 1.82) is 0 Å². The zero-order valence-electron chi connectivity index (χ0n) is 20.0. The molecular weight excluding hydrogens is 462 g/mol. The van der Waals surface area contributed by atoms with Crippen LogP contribution in [0.4, 0.5) is 0 Å². The molecule has 10 nitrogen and oxygen atoms in total. The summed E-state index contributed by atoms with van der Waals surface area (Å²) in [6.07, 6.45) is 2.19. The van der Waals surface area contributed by atoms with Gasteiger partial charge in [-0.15, -0.1) is 5.10 Å². The van der Waals surface area contributed by atoms with Gasteiger partial charge < -0.3 is 14.8 Å². The van der Waals surface area contributed by atoms with Gasteiger partial charge in [-0.3, -0.25) is 14.8 Å². The number of hydroxylamine groups is 1. The number of carbonyl (C=O) groups is 2. The minimum atomic E-state index is -0.528. The monoisotopic (exact) mass is 489 g/mol. The Morgan fingerprint density at radius 2 is 1.78 bits per heavy atom. The predicted molar refractivity (Wildman–Crippen MR) is 132 cm³/mol. The summed E-state index contributed by atoms with van der Waals surface area (Å²) in [7, 11) is 3.03. The van der Waals surface area contributed by atoms with Crippen molar-refractivity contribution in [1.82, 2.24) is 25.8 Å². The number of methoxy groups -OCH3 is 2. The number of ether oxygens (including phenoxy) is 2. The van der Waals surface area contributed by atoms with Crippen LogP contribution in [0.2, 0.25) is 0 Å². The molecule has 0 radical (unpaired) electrons. The molecule has 3 aromatic carbocycles. The van der Waals surface area contributed by atoms with E-state index in [1.807, 2.05) is 36.4 Å². The number of nitrogens with zero attached hydrogens (tertiary/aromatic N) is 3. The van der Waals surface area contributed by atoms with Crippen LogP contribution in [-0.2, 0) is 17.8 Å². The number of fused-ring (bicyclic) bond motifs is 1. The van der Waals surface area contributed by atoms with Crippen LogP contribution in [0.25, 0.3) is 10.8 Å². The largest absolute Gasteiger partial charge is 0.493 e. The molecule has 4 aromatic rings. The van der Waals surface area contributed by atoms with Crippen LogP contribution in [-0.4, -0.2) is 46.2 Å². The number of hydrogen-bond donors (Lipinski definition) is 3. The van der Waals surface area contributed by atoms with Crippen LogP contribution in [0.3, 0.4) is 0 Å². The first-order valence-electron chi connectivity index (χ1n) is 11.3. The maximum atomic E-state index is 12.6. The molecule has 0 fully saturated rings. The number of nitrogens with one attached hydrogen (secondary N) is 2. The lowest BCUT2D eigenvalue weighted by Crippen LogP contribution is -2.25. The average molecular weight is 490 g/mol. The van der Waals surface area contributed by atoms with Crippen molar-refractivity contribution in [3.63, 3.8) is 0 Å². The minimum Gasteiger partial charge on any atom is -0.493 e. The number of benzene rings is 3. The number of hydrogen-bond acceptors (Lipinski definition) is 7. The van der Waals surface area contributed by atoms with E-state index in [0.29, 0.717) is 29.2 Å². The fourth-order valence-corrected chi connectivity index (χ4v) is 3.98. The van der Waals surface area contributed by atoms with Crippen LogP contribution in [0.1, 0.15) is 34.1 Å². The summed E-state index contributed by atoms with van der Waals surface area (Å²) in [6, 6.07) is 18.6. The molecule has 0 aliphatic carbocycles. The molecular formula is C26H27N5O5. The van der Waals surface area contributed by atoms with Crippen molar-refractivity contribution in [2.75, 3.05) is 14.2 Å². The fourth-order valence-electron chi connectivity index (χ4n) is 3.98. The van der Waals surface area contributed by atoms with Crippen LogP contribution < -0.4 is 20.3 Å². The van der Waals surface area contributed by atoms with E-state index in [0.717, 1.165) is 16.3 Å². The van der Waals surface area contributed by atoms with Gasteiger partial charge in [0.1, 0.15) is 5.69 Å². The number of carbonyl (C=O) groups excluding carboxylic acids is 2. The topological polar surface area (TPSA) is 128 Å². The van der Waals surface area contributed by atoms with E-state index in [9.17, 15) is 9.59 Å². The zero-order chi connectivity index (χ0) is 25.5. The predicted octanol–water partition coefficient (Wildman–Crippen LogP) is 3.06. The molecule has 1 heterocycles. The van der Waals surface area contributed by atoms with E-state index in [4.69, 9.17) is 14.7 Å². The minimum absolute atomic E-state index is 0.00410. The molecule has 0 spiro atoms. The Labute approximate surface area is 207 Å². The number of rotatable bonds is 10. The summed E-state index contributed by atoms with van der Waals surface area (Å²) in [4.78, 5) is 24.6. The highest BCUT2D eigenvalue weighted by Crippen LogP contribution is 2.27. The van der Waals surface area contributed by atoms with Crippen LogP contribution in [0.5, 0.6) is 11.5 Å². The van der Waals surface area contributed by atoms with Crippen LogP contribution in [0.15, 0.2) is 66.9 Å². The van der Waals surface area contributed by atoms with Crippen molar-refractivity contribution in [2.45, 2.75) is 25.4 Å². The lowest BCUT2D eigenvalue weighted by Gasteiger charge is -2.16. The molecule has 186 valence electrons. The van der Waals surface area contributed by atoms with Crippen molar-refractivity contribution in [3.8, 4) is 11.5 Å². The first-order valence-corrected chi connectivity index (χ1v) is 11.3. The second-order valence-electron chi connectivity index (χ2n) is 8.22. The van der Waals surface area contributed by atoms with Gasteiger partial charge in [0.2, 0.25) is 5.91 Å². The summed E-state index contributed by atoms with van der Waals surface area (Å²) in [5.74, 6) is 0.147. The summed E-state index contributed by atoms with van der Waals surface area (Å²) in [6.45, 7) is 0.141. The highest BCUT2D eigenvalue weighted by atomic mass is 16.5. The second-order valence-corrected chi connectivity index (χ2v) is 8.22. The van der Waals surface area contributed by atoms with E-state index in [-0.39, 0.29) is 24.9 Å². The number of amides is 2. The van der Waals surface area contributed by atoms with Crippen molar-refractivity contribution >= 4 is 22.6 Å². The number of aromatic nitrogens is 3. The highest BCUT2D eigenvalue weighted by molar-refractivity contribution is 5.94. The van der Waals surface area contributed by atoms with E-state index < -0.39 is 5.91 Å². The van der Waals surface area contributed by atoms with Crippen LogP contribution in [0, 0.1) is 0 Å². The van der Waals surface area contributed by atoms with Crippen molar-refractivity contribution in [3.05, 3.63) is 83.7 Å². The average Bonchev–Trinajstić information content (AvgIpc) is 3.39. The van der Waals surface area contributed by atoms with Gasteiger partial charge >= 0.3 is 0 Å². The van der Waals surface area contributed by atoms with Crippen molar-refractivity contribution < 1.29 is 24.3 Å². The van der Waals surface area contributed by atoms with Crippen molar-refractivity contribution in [2.24, 2.45) is 0 Å². The molecule has 0 aliphatic heterocycles. The Kier molecular flexibility index (Phi) is 7.76. The van der Waals surface area contributed by atoms with Crippen LogP contribution >= 0.6 is 0 Å². The molecule has 0 saturated heterocycles. The zero-order valence-corrected chi connectivity index (χ0v) is 20.0.